The van der Waals surface area contributed by atoms with Crippen molar-refractivity contribution in [3.63, 3.8) is 0 Å². The van der Waals surface area contributed by atoms with Gasteiger partial charge in [0.05, 0.1) is 6.54 Å². The summed E-state index contributed by atoms with van der Waals surface area (Å²) in [7, 11) is 3.68. The second-order valence-corrected chi connectivity index (χ2v) is 2.44. The van der Waals surface area contributed by atoms with E-state index in [1.165, 1.54) is 0 Å². The Kier molecular flexibility index (Phi) is 4.86. The molecule has 1 saturated heterocycles. The van der Waals surface area contributed by atoms with Crippen molar-refractivity contribution in [2.24, 2.45) is 0 Å². The van der Waals surface area contributed by atoms with Gasteiger partial charge in [0.2, 0.25) is 0 Å². The molecule has 0 aromatic carbocycles. The highest BCUT2D eigenvalue weighted by atomic mass is 16.4. The molecule has 66 valence electrons. The zero-order chi connectivity index (χ0) is 8.85. The Bertz CT molecular complexity index is 125. The van der Waals surface area contributed by atoms with Gasteiger partial charge >= 0.3 is 5.97 Å². The van der Waals surface area contributed by atoms with E-state index < -0.39 is 5.97 Å². The molecule has 0 radical (unpaired) electrons. The monoisotopic (exact) mass is 159 g/mol. The number of likely N-dealkylation sites (tertiary alicyclic amines) is 1. The van der Waals surface area contributed by atoms with E-state index in [2.05, 4.69) is 7.05 Å². The molecule has 11 heavy (non-hydrogen) atoms. The first-order valence-corrected chi connectivity index (χ1v) is 4.12. The number of carboxylic acids is 1. The fourth-order valence-electron chi connectivity index (χ4n) is 1.21. The summed E-state index contributed by atoms with van der Waals surface area (Å²) in [4.78, 5) is 11.2. The molecule has 1 aliphatic rings. The van der Waals surface area contributed by atoms with Crippen LogP contribution in [0.4, 0.5) is 0 Å². The van der Waals surface area contributed by atoms with E-state index in [1.807, 2.05) is 13.8 Å². The minimum Gasteiger partial charge on any atom is -0.477 e. The number of nitrogens with one attached hydrogen (secondary N) is 1. The van der Waals surface area contributed by atoms with Crippen LogP contribution in [0.2, 0.25) is 0 Å². The average molecular weight is 159 g/mol. The van der Waals surface area contributed by atoms with Gasteiger partial charge in [-0.15, -0.1) is 7.05 Å². The van der Waals surface area contributed by atoms with Gasteiger partial charge in [0.25, 0.3) is 0 Å². The number of carbonyl (C=O) groups is 1. The van der Waals surface area contributed by atoms with Crippen molar-refractivity contribution in [1.82, 2.24) is 0 Å². The van der Waals surface area contributed by atoms with E-state index in [0.717, 1.165) is 24.3 Å². The van der Waals surface area contributed by atoms with Gasteiger partial charge in [0.1, 0.15) is 0 Å². The Hall–Kier alpha value is -0.570. The second-order valence-electron chi connectivity index (χ2n) is 2.44. The maximum absolute atomic E-state index is 10.4. The van der Waals surface area contributed by atoms with Crippen molar-refractivity contribution in [3.8, 4) is 0 Å². The molecule has 0 aromatic heterocycles. The van der Waals surface area contributed by atoms with Crippen LogP contribution in [0, 0.1) is 7.05 Å². The second kappa shape index (κ2) is 5.13. The third-order valence-electron chi connectivity index (χ3n) is 1.78. The van der Waals surface area contributed by atoms with Crippen molar-refractivity contribution >= 4 is 5.97 Å². The molecule has 0 amide bonds. The highest BCUT2D eigenvalue weighted by Crippen LogP contribution is 1.98. The highest BCUT2D eigenvalue weighted by Gasteiger charge is 2.27. The molecule has 3 nitrogen and oxygen atoms in total. The first-order valence-electron chi connectivity index (χ1n) is 4.12. The van der Waals surface area contributed by atoms with E-state index in [-0.39, 0.29) is 6.04 Å². The number of quaternary nitrogens is 1. The van der Waals surface area contributed by atoms with Crippen molar-refractivity contribution < 1.29 is 14.8 Å². The lowest BCUT2D eigenvalue weighted by Gasteiger charge is -2.18. The summed E-state index contributed by atoms with van der Waals surface area (Å²) >= 11 is 0. The van der Waals surface area contributed by atoms with Crippen LogP contribution in [-0.2, 0) is 4.79 Å². The van der Waals surface area contributed by atoms with E-state index in [0.29, 0.717) is 0 Å². The smallest absolute Gasteiger partial charge is 0.360 e. The van der Waals surface area contributed by atoms with E-state index >= 15 is 0 Å². The lowest BCUT2D eigenvalue weighted by atomic mass is 10.2. The van der Waals surface area contributed by atoms with Crippen LogP contribution >= 0.6 is 0 Å². The first kappa shape index (κ1) is 10.4. The molecule has 0 aliphatic carbocycles. The highest BCUT2D eigenvalue weighted by molar-refractivity contribution is 5.71. The molecule has 3 heteroatoms. The van der Waals surface area contributed by atoms with Gasteiger partial charge in [-0.25, -0.2) is 4.79 Å². The van der Waals surface area contributed by atoms with Gasteiger partial charge in [-0.05, 0) is 0 Å². The molecule has 0 spiro atoms. The predicted octanol–water partition coefficient (Wildman–Crippen LogP) is -0.0639. The van der Waals surface area contributed by atoms with Gasteiger partial charge < -0.3 is 10.0 Å². The standard InChI is InChI=1S/C6H11NO2.C2H6/c1-7-4-2-3-5(7)6(8)9;1-2/h5,7H,1-4H2,(H,8,9);1-2H3/t5-;/m0./s1. The maximum atomic E-state index is 10.4. The Balaban J connectivity index is 0.000000461. The summed E-state index contributed by atoms with van der Waals surface area (Å²) < 4.78 is 0. The van der Waals surface area contributed by atoms with Crippen LogP contribution in [0.15, 0.2) is 0 Å². The fourth-order valence-corrected chi connectivity index (χ4v) is 1.21. The minimum atomic E-state index is -0.711. The largest absolute Gasteiger partial charge is 0.477 e. The lowest BCUT2D eigenvalue weighted by molar-refractivity contribution is -0.857. The molecular formula is C8H17NO2. The number of hydrogen-bond donors (Lipinski definition) is 2. The molecule has 2 N–H and O–H groups in total. The topological polar surface area (TPSA) is 41.7 Å². The molecule has 1 rings (SSSR count). The van der Waals surface area contributed by atoms with Crippen LogP contribution in [0.1, 0.15) is 26.7 Å². The predicted molar refractivity (Wildman–Crippen MR) is 43.2 cm³/mol. The zero-order valence-electron chi connectivity index (χ0n) is 7.26. The maximum Gasteiger partial charge on any atom is 0.360 e. The normalized spacial score (nSPS) is 29.0. The van der Waals surface area contributed by atoms with Crippen LogP contribution in [0.25, 0.3) is 0 Å². The number of hydrogen-bond acceptors (Lipinski definition) is 1. The SMILES string of the molecule is CC.[CH2-][NH+]1CCC[C@H]1C(=O)O. The quantitative estimate of drug-likeness (QED) is 0.526. The molecule has 1 heterocycles. The van der Waals surface area contributed by atoms with Gasteiger partial charge in [-0.2, -0.15) is 0 Å². The third-order valence-corrected chi connectivity index (χ3v) is 1.78. The fraction of sp³-hybridized carbons (Fsp3) is 0.750. The van der Waals surface area contributed by atoms with Crippen LogP contribution in [-0.4, -0.2) is 23.7 Å². The molecule has 0 aromatic rings. The van der Waals surface area contributed by atoms with Crippen molar-refractivity contribution in [2.75, 3.05) is 6.54 Å². The summed E-state index contributed by atoms with van der Waals surface area (Å²) in [5, 5.41) is 8.52. The lowest BCUT2D eigenvalue weighted by Crippen LogP contribution is -3.09. The Morgan fingerprint density at radius 3 is 2.36 bits per heavy atom. The van der Waals surface area contributed by atoms with Crippen molar-refractivity contribution in [2.45, 2.75) is 32.7 Å². The Labute approximate surface area is 68.0 Å². The zero-order valence-corrected chi connectivity index (χ0v) is 7.26. The first-order chi connectivity index (χ1) is 5.22. The van der Waals surface area contributed by atoms with Gasteiger partial charge in [-0.1, -0.05) is 13.8 Å². The van der Waals surface area contributed by atoms with Gasteiger partial charge in [0.15, 0.2) is 6.04 Å². The molecule has 1 fully saturated rings. The molecule has 0 bridgehead atoms. The Morgan fingerprint density at radius 1 is 1.64 bits per heavy atom. The van der Waals surface area contributed by atoms with E-state index in [1.54, 1.807) is 0 Å². The van der Waals surface area contributed by atoms with Crippen molar-refractivity contribution in [1.29, 1.82) is 0 Å². The number of rotatable bonds is 1. The van der Waals surface area contributed by atoms with Crippen LogP contribution in [0.5, 0.6) is 0 Å². The summed E-state index contributed by atoms with van der Waals surface area (Å²) in [6, 6.07) is -0.245. The Morgan fingerprint density at radius 2 is 2.18 bits per heavy atom. The minimum absolute atomic E-state index is 0.245. The molecule has 0 saturated carbocycles. The summed E-state index contributed by atoms with van der Waals surface area (Å²) in [6.45, 7) is 4.90. The van der Waals surface area contributed by atoms with E-state index in [4.69, 9.17) is 5.11 Å². The average Bonchev–Trinajstić information content (AvgIpc) is 2.39. The van der Waals surface area contributed by atoms with Crippen LogP contribution in [0.3, 0.4) is 0 Å². The van der Waals surface area contributed by atoms with Gasteiger partial charge in [-0.3, -0.25) is 0 Å². The summed E-state index contributed by atoms with van der Waals surface area (Å²) in [6.07, 6.45) is 1.78. The van der Waals surface area contributed by atoms with E-state index in [9.17, 15) is 4.79 Å². The summed E-state index contributed by atoms with van der Waals surface area (Å²) in [5.74, 6) is -0.711. The van der Waals surface area contributed by atoms with Crippen LogP contribution < -0.4 is 4.90 Å². The molecule has 1 unspecified atom stereocenters. The van der Waals surface area contributed by atoms with Crippen molar-refractivity contribution in [3.05, 3.63) is 7.05 Å². The molecule has 2 atom stereocenters. The summed E-state index contributed by atoms with van der Waals surface area (Å²) in [5.41, 5.74) is 0. The number of aliphatic carboxylic acids is 1. The van der Waals surface area contributed by atoms with Gasteiger partial charge in [0, 0.05) is 12.8 Å². The molecular weight excluding hydrogens is 142 g/mol. The number of carboxylic acid groups (broad SMARTS) is 1. The molecule has 1 aliphatic heterocycles. The third kappa shape index (κ3) is 2.89.